The molecular weight excluding hydrogens is 268 g/mol. The highest BCUT2D eigenvalue weighted by molar-refractivity contribution is 7.80. The maximum Gasteiger partial charge on any atom is 0.129 e. The standard InChI is InChI=1S/C16H24N2OS/c1-12-7-8-13(2)18(11-12)9-10-19-15-6-4-3-5-14(15)16(17)20/h3-6,12-13H,7-11H2,1-2H3,(H2,17,20). The quantitative estimate of drug-likeness (QED) is 0.847. The lowest BCUT2D eigenvalue weighted by Gasteiger charge is -2.36. The molecule has 110 valence electrons. The minimum atomic E-state index is 0.389. The van der Waals surface area contributed by atoms with Crippen LogP contribution in [0.2, 0.25) is 0 Å². The van der Waals surface area contributed by atoms with E-state index in [0.717, 1.165) is 23.8 Å². The number of ether oxygens (including phenoxy) is 1. The maximum atomic E-state index is 5.88. The van der Waals surface area contributed by atoms with E-state index in [2.05, 4.69) is 18.7 Å². The van der Waals surface area contributed by atoms with Gasteiger partial charge < -0.3 is 10.5 Å². The van der Waals surface area contributed by atoms with Gasteiger partial charge in [-0.3, -0.25) is 4.90 Å². The Morgan fingerprint density at radius 2 is 2.10 bits per heavy atom. The molecule has 2 rings (SSSR count). The average molecular weight is 292 g/mol. The number of rotatable bonds is 5. The van der Waals surface area contributed by atoms with Crippen molar-refractivity contribution in [2.24, 2.45) is 11.7 Å². The predicted molar refractivity (Wildman–Crippen MR) is 87.3 cm³/mol. The van der Waals surface area contributed by atoms with Gasteiger partial charge in [0.2, 0.25) is 0 Å². The summed E-state index contributed by atoms with van der Waals surface area (Å²) < 4.78 is 5.88. The minimum absolute atomic E-state index is 0.389. The molecule has 1 saturated heterocycles. The Hall–Kier alpha value is -1.13. The van der Waals surface area contributed by atoms with E-state index >= 15 is 0 Å². The van der Waals surface area contributed by atoms with Gasteiger partial charge in [-0.05, 0) is 37.8 Å². The zero-order valence-electron chi connectivity index (χ0n) is 12.3. The number of nitrogens with two attached hydrogens (primary N) is 1. The molecular formula is C16H24N2OS. The topological polar surface area (TPSA) is 38.5 Å². The molecule has 0 amide bonds. The maximum absolute atomic E-state index is 5.88. The predicted octanol–water partition coefficient (Wildman–Crippen LogP) is 2.82. The smallest absolute Gasteiger partial charge is 0.129 e. The van der Waals surface area contributed by atoms with Crippen molar-refractivity contribution in [3.63, 3.8) is 0 Å². The first-order valence-corrected chi connectivity index (χ1v) is 7.74. The lowest BCUT2D eigenvalue weighted by molar-refractivity contribution is 0.105. The van der Waals surface area contributed by atoms with Crippen LogP contribution in [-0.2, 0) is 0 Å². The fourth-order valence-electron chi connectivity index (χ4n) is 2.76. The van der Waals surface area contributed by atoms with E-state index in [4.69, 9.17) is 22.7 Å². The van der Waals surface area contributed by atoms with E-state index in [1.165, 1.54) is 19.4 Å². The van der Waals surface area contributed by atoms with Gasteiger partial charge in [0.05, 0.1) is 5.56 Å². The fourth-order valence-corrected chi connectivity index (χ4v) is 2.93. The van der Waals surface area contributed by atoms with Gasteiger partial charge in [-0.15, -0.1) is 0 Å². The molecule has 1 aromatic carbocycles. The molecule has 1 aliphatic rings. The lowest BCUT2D eigenvalue weighted by Crippen LogP contribution is -2.43. The van der Waals surface area contributed by atoms with Crippen molar-refractivity contribution in [3.05, 3.63) is 29.8 Å². The minimum Gasteiger partial charge on any atom is -0.492 e. The van der Waals surface area contributed by atoms with Crippen LogP contribution in [0.5, 0.6) is 5.75 Å². The van der Waals surface area contributed by atoms with Crippen molar-refractivity contribution >= 4 is 17.2 Å². The van der Waals surface area contributed by atoms with Crippen LogP contribution in [0.15, 0.2) is 24.3 Å². The molecule has 0 aromatic heterocycles. The molecule has 2 unspecified atom stereocenters. The summed E-state index contributed by atoms with van der Waals surface area (Å²) >= 11 is 5.05. The first-order chi connectivity index (χ1) is 9.58. The Morgan fingerprint density at radius 3 is 2.85 bits per heavy atom. The van der Waals surface area contributed by atoms with Crippen LogP contribution in [0.4, 0.5) is 0 Å². The van der Waals surface area contributed by atoms with E-state index in [1.54, 1.807) is 0 Å². The molecule has 1 aliphatic heterocycles. The second-order valence-corrected chi connectivity index (χ2v) is 6.18. The number of thiocarbonyl (C=S) groups is 1. The molecule has 0 bridgehead atoms. The molecule has 2 N–H and O–H groups in total. The molecule has 1 fully saturated rings. The summed E-state index contributed by atoms with van der Waals surface area (Å²) in [6.07, 6.45) is 2.62. The normalized spacial score (nSPS) is 23.5. The van der Waals surface area contributed by atoms with Crippen molar-refractivity contribution in [3.8, 4) is 5.75 Å². The zero-order valence-corrected chi connectivity index (χ0v) is 13.2. The van der Waals surface area contributed by atoms with E-state index in [9.17, 15) is 0 Å². The summed E-state index contributed by atoms with van der Waals surface area (Å²) in [7, 11) is 0. The summed E-state index contributed by atoms with van der Waals surface area (Å²) in [6.45, 7) is 7.42. The number of benzene rings is 1. The third-order valence-corrected chi connectivity index (χ3v) is 4.26. The third kappa shape index (κ3) is 3.93. The van der Waals surface area contributed by atoms with Gasteiger partial charge in [0.1, 0.15) is 17.3 Å². The monoisotopic (exact) mass is 292 g/mol. The van der Waals surface area contributed by atoms with E-state index < -0.39 is 0 Å². The largest absolute Gasteiger partial charge is 0.492 e. The number of hydrogen-bond acceptors (Lipinski definition) is 3. The first-order valence-electron chi connectivity index (χ1n) is 7.33. The fraction of sp³-hybridized carbons (Fsp3) is 0.562. The molecule has 4 heteroatoms. The molecule has 0 saturated carbocycles. The van der Waals surface area contributed by atoms with Crippen LogP contribution >= 0.6 is 12.2 Å². The summed E-state index contributed by atoms with van der Waals surface area (Å²) in [5.74, 6) is 1.58. The third-order valence-electron chi connectivity index (χ3n) is 4.04. The van der Waals surface area contributed by atoms with Crippen molar-refractivity contribution in [1.29, 1.82) is 0 Å². The summed E-state index contributed by atoms with van der Waals surface area (Å²) in [5, 5.41) is 0. The van der Waals surface area contributed by atoms with Crippen molar-refractivity contribution in [1.82, 2.24) is 4.90 Å². The highest BCUT2D eigenvalue weighted by Gasteiger charge is 2.22. The Kier molecular flexibility index (Phi) is 5.38. The van der Waals surface area contributed by atoms with E-state index in [1.807, 2.05) is 24.3 Å². The molecule has 3 nitrogen and oxygen atoms in total. The lowest BCUT2D eigenvalue weighted by atomic mass is 9.95. The Balaban J connectivity index is 1.88. The zero-order chi connectivity index (χ0) is 14.5. The molecule has 1 heterocycles. The molecule has 1 aromatic rings. The van der Waals surface area contributed by atoms with Crippen LogP contribution in [0.25, 0.3) is 0 Å². The van der Waals surface area contributed by atoms with Crippen LogP contribution in [-0.4, -0.2) is 35.6 Å². The van der Waals surface area contributed by atoms with Gasteiger partial charge in [0.25, 0.3) is 0 Å². The summed E-state index contributed by atoms with van der Waals surface area (Å²) in [6, 6.07) is 8.36. The van der Waals surface area contributed by atoms with Crippen molar-refractivity contribution in [2.45, 2.75) is 32.7 Å². The number of nitrogens with zero attached hydrogens (tertiary/aromatic N) is 1. The van der Waals surface area contributed by atoms with Gasteiger partial charge in [0.15, 0.2) is 0 Å². The van der Waals surface area contributed by atoms with Gasteiger partial charge >= 0.3 is 0 Å². The highest BCUT2D eigenvalue weighted by atomic mass is 32.1. The summed E-state index contributed by atoms with van der Waals surface area (Å²) in [4.78, 5) is 2.90. The molecule has 0 aliphatic carbocycles. The second-order valence-electron chi connectivity index (χ2n) is 5.74. The summed E-state index contributed by atoms with van der Waals surface area (Å²) in [5.41, 5.74) is 6.53. The van der Waals surface area contributed by atoms with Gasteiger partial charge in [-0.1, -0.05) is 31.3 Å². The Labute approximate surface area is 127 Å². The molecule has 0 radical (unpaired) electrons. The number of hydrogen-bond donors (Lipinski definition) is 1. The van der Waals surface area contributed by atoms with Crippen LogP contribution in [0.3, 0.4) is 0 Å². The molecule has 20 heavy (non-hydrogen) atoms. The molecule has 2 atom stereocenters. The van der Waals surface area contributed by atoms with Gasteiger partial charge in [0, 0.05) is 19.1 Å². The average Bonchev–Trinajstić information content (AvgIpc) is 2.43. The Bertz CT molecular complexity index is 464. The van der Waals surface area contributed by atoms with Crippen LogP contribution in [0, 0.1) is 5.92 Å². The number of likely N-dealkylation sites (tertiary alicyclic amines) is 1. The number of piperidine rings is 1. The van der Waals surface area contributed by atoms with Gasteiger partial charge in [-0.2, -0.15) is 0 Å². The molecule has 0 spiro atoms. The van der Waals surface area contributed by atoms with E-state index in [0.29, 0.717) is 17.6 Å². The van der Waals surface area contributed by atoms with E-state index in [-0.39, 0.29) is 0 Å². The second kappa shape index (κ2) is 7.04. The Morgan fingerprint density at radius 1 is 1.35 bits per heavy atom. The van der Waals surface area contributed by atoms with Crippen molar-refractivity contribution in [2.75, 3.05) is 19.7 Å². The first kappa shape index (κ1) is 15.3. The van der Waals surface area contributed by atoms with Gasteiger partial charge in [-0.25, -0.2) is 0 Å². The van der Waals surface area contributed by atoms with Crippen LogP contribution < -0.4 is 10.5 Å². The van der Waals surface area contributed by atoms with Crippen molar-refractivity contribution < 1.29 is 4.74 Å². The SMILES string of the molecule is CC1CCC(C)N(CCOc2ccccc2C(N)=S)C1. The highest BCUT2D eigenvalue weighted by Crippen LogP contribution is 2.21. The number of para-hydroxylation sites is 1. The van der Waals surface area contributed by atoms with Crippen LogP contribution in [0.1, 0.15) is 32.3 Å².